The lowest BCUT2D eigenvalue weighted by molar-refractivity contribution is -0.117. The summed E-state index contributed by atoms with van der Waals surface area (Å²) in [6.45, 7) is 0.778. The van der Waals surface area contributed by atoms with Gasteiger partial charge in [-0.25, -0.2) is 0 Å². The Kier molecular flexibility index (Phi) is 3.12. The minimum Gasteiger partial charge on any atom is -0.369 e. The Balaban J connectivity index is 2.20. The van der Waals surface area contributed by atoms with Crippen molar-refractivity contribution in [3.8, 4) is 0 Å². The first-order valence-electron chi connectivity index (χ1n) is 5.08. The highest BCUT2D eigenvalue weighted by Crippen LogP contribution is 2.16. The normalized spacial score (nSPS) is 10.5. The molecule has 0 saturated heterocycles. The molecule has 1 aromatic carbocycles. The highest BCUT2D eigenvalue weighted by Gasteiger charge is 2.01. The monoisotopic (exact) mass is 215 g/mol. The second-order valence-corrected chi connectivity index (χ2v) is 3.59. The van der Waals surface area contributed by atoms with Crippen molar-refractivity contribution in [2.45, 2.75) is 6.54 Å². The Morgan fingerprint density at radius 1 is 1.31 bits per heavy atom. The van der Waals surface area contributed by atoms with E-state index in [0.29, 0.717) is 6.54 Å². The quantitative estimate of drug-likeness (QED) is 0.793. The highest BCUT2D eigenvalue weighted by molar-refractivity contribution is 5.84. The first-order valence-corrected chi connectivity index (χ1v) is 5.08. The van der Waals surface area contributed by atoms with Crippen LogP contribution in [0.3, 0.4) is 0 Å². The van der Waals surface area contributed by atoms with Crippen molar-refractivity contribution in [1.82, 2.24) is 10.3 Å². The number of carbonyl (C=O) groups is 1. The van der Waals surface area contributed by atoms with Crippen molar-refractivity contribution in [3.05, 3.63) is 42.2 Å². The van der Waals surface area contributed by atoms with Crippen molar-refractivity contribution in [2.24, 2.45) is 5.73 Å². The molecule has 0 bridgehead atoms. The third kappa shape index (κ3) is 2.35. The minimum atomic E-state index is -0.354. The number of nitrogens with zero attached hydrogens (tertiary/aromatic N) is 1. The van der Waals surface area contributed by atoms with Gasteiger partial charge in [0.15, 0.2) is 0 Å². The van der Waals surface area contributed by atoms with Crippen LogP contribution in [0.1, 0.15) is 5.56 Å². The Hall–Kier alpha value is -1.94. The maximum absolute atomic E-state index is 10.6. The van der Waals surface area contributed by atoms with E-state index in [2.05, 4.69) is 10.3 Å². The average Bonchev–Trinajstić information content (AvgIpc) is 2.29. The van der Waals surface area contributed by atoms with Crippen molar-refractivity contribution < 1.29 is 4.79 Å². The van der Waals surface area contributed by atoms with E-state index in [9.17, 15) is 4.79 Å². The summed E-state index contributed by atoms with van der Waals surface area (Å²) in [5.74, 6) is -0.354. The lowest BCUT2D eigenvalue weighted by Gasteiger charge is -2.06. The molecule has 16 heavy (non-hydrogen) atoms. The predicted molar refractivity (Wildman–Crippen MR) is 62.6 cm³/mol. The molecule has 0 radical (unpaired) electrons. The van der Waals surface area contributed by atoms with Crippen LogP contribution in [0, 0.1) is 0 Å². The smallest absolute Gasteiger partial charge is 0.231 e. The molecular weight excluding hydrogens is 202 g/mol. The molecule has 1 amide bonds. The summed E-state index contributed by atoms with van der Waals surface area (Å²) in [7, 11) is 0. The molecule has 4 heteroatoms. The number of pyridine rings is 1. The van der Waals surface area contributed by atoms with E-state index in [1.54, 1.807) is 6.20 Å². The van der Waals surface area contributed by atoms with Gasteiger partial charge in [0.2, 0.25) is 5.91 Å². The summed E-state index contributed by atoms with van der Waals surface area (Å²) >= 11 is 0. The molecule has 1 heterocycles. The summed E-state index contributed by atoms with van der Waals surface area (Å²) in [5, 5.41) is 5.22. The van der Waals surface area contributed by atoms with E-state index < -0.39 is 0 Å². The Bertz CT molecular complexity index is 505. The number of aromatic nitrogens is 1. The number of hydrogen-bond acceptors (Lipinski definition) is 3. The number of hydrogen-bond donors (Lipinski definition) is 2. The summed E-state index contributed by atoms with van der Waals surface area (Å²) in [6.07, 6.45) is 3.63. The van der Waals surface area contributed by atoms with Gasteiger partial charge in [0.25, 0.3) is 0 Å². The first-order chi connectivity index (χ1) is 7.77. The van der Waals surface area contributed by atoms with E-state index in [-0.39, 0.29) is 12.5 Å². The number of carbonyl (C=O) groups excluding carboxylic acids is 1. The molecule has 82 valence electrons. The number of nitrogens with two attached hydrogens (primary N) is 1. The van der Waals surface area contributed by atoms with Crippen molar-refractivity contribution in [2.75, 3.05) is 6.54 Å². The molecule has 0 saturated carbocycles. The zero-order valence-corrected chi connectivity index (χ0v) is 8.81. The number of primary amides is 1. The van der Waals surface area contributed by atoms with E-state index in [0.717, 1.165) is 16.3 Å². The van der Waals surface area contributed by atoms with Gasteiger partial charge >= 0.3 is 0 Å². The second-order valence-electron chi connectivity index (χ2n) is 3.59. The van der Waals surface area contributed by atoms with Crippen LogP contribution in [0.2, 0.25) is 0 Å². The van der Waals surface area contributed by atoms with Gasteiger partial charge in [-0.05, 0) is 10.9 Å². The van der Waals surface area contributed by atoms with Crippen LogP contribution in [0.5, 0.6) is 0 Å². The Morgan fingerprint density at radius 3 is 2.94 bits per heavy atom. The van der Waals surface area contributed by atoms with Crippen LogP contribution in [0.25, 0.3) is 10.8 Å². The summed E-state index contributed by atoms with van der Waals surface area (Å²) in [4.78, 5) is 14.8. The SMILES string of the molecule is NC(=O)CNCc1cncc2ccccc12. The van der Waals surface area contributed by atoms with E-state index >= 15 is 0 Å². The van der Waals surface area contributed by atoms with Gasteiger partial charge < -0.3 is 11.1 Å². The van der Waals surface area contributed by atoms with Crippen LogP contribution in [0.4, 0.5) is 0 Å². The third-order valence-corrected chi connectivity index (χ3v) is 2.37. The number of amides is 1. The van der Waals surface area contributed by atoms with Crippen LogP contribution in [-0.2, 0) is 11.3 Å². The molecule has 0 unspecified atom stereocenters. The fourth-order valence-corrected chi connectivity index (χ4v) is 1.64. The summed E-state index contributed by atoms with van der Waals surface area (Å²) in [6, 6.07) is 8.02. The van der Waals surface area contributed by atoms with Crippen LogP contribution < -0.4 is 11.1 Å². The van der Waals surface area contributed by atoms with Gasteiger partial charge in [-0.1, -0.05) is 24.3 Å². The summed E-state index contributed by atoms with van der Waals surface area (Å²) in [5.41, 5.74) is 6.12. The zero-order valence-electron chi connectivity index (χ0n) is 8.81. The van der Waals surface area contributed by atoms with Crippen molar-refractivity contribution in [3.63, 3.8) is 0 Å². The van der Waals surface area contributed by atoms with E-state index in [1.165, 1.54) is 0 Å². The Morgan fingerprint density at radius 2 is 2.12 bits per heavy atom. The molecule has 0 spiro atoms. The van der Waals surface area contributed by atoms with E-state index in [1.807, 2.05) is 30.5 Å². The average molecular weight is 215 g/mol. The molecule has 2 rings (SSSR count). The Labute approximate surface area is 93.5 Å². The van der Waals surface area contributed by atoms with Crippen LogP contribution in [0.15, 0.2) is 36.7 Å². The van der Waals surface area contributed by atoms with Gasteiger partial charge in [-0.15, -0.1) is 0 Å². The molecule has 0 atom stereocenters. The van der Waals surface area contributed by atoms with Crippen LogP contribution in [-0.4, -0.2) is 17.4 Å². The predicted octanol–water partition coefficient (Wildman–Crippen LogP) is 0.810. The molecule has 0 aliphatic carbocycles. The van der Waals surface area contributed by atoms with Gasteiger partial charge in [-0.2, -0.15) is 0 Å². The maximum Gasteiger partial charge on any atom is 0.231 e. The van der Waals surface area contributed by atoms with Crippen LogP contribution >= 0.6 is 0 Å². The number of rotatable bonds is 4. The topological polar surface area (TPSA) is 68.0 Å². The lowest BCUT2D eigenvalue weighted by atomic mass is 10.1. The second kappa shape index (κ2) is 4.72. The molecule has 1 aromatic heterocycles. The molecule has 0 aliphatic rings. The van der Waals surface area contributed by atoms with Gasteiger partial charge in [-0.3, -0.25) is 9.78 Å². The number of nitrogens with one attached hydrogen (secondary N) is 1. The number of fused-ring (bicyclic) bond motifs is 1. The lowest BCUT2D eigenvalue weighted by Crippen LogP contribution is -2.28. The zero-order chi connectivity index (χ0) is 11.4. The molecular formula is C12H13N3O. The van der Waals surface area contributed by atoms with Gasteiger partial charge in [0.05, 0.1) is 6.54 Å². The fourth-order valence-electron chi connectivity index (χ4n) is 1.64. The largest absolute Gasteiger partial charge is 0.369 e. The molecule has 4 nitrogen and oxygen atoms in total. The van der Waals surface area contributed by atoms with E-state index in [4.69, 9.17) is 5.73 Å². The number of benzene rings is 1. The van der Waals surface area contributed by atoms with Crippen molar-refractivity contribution in [1.29, 1.82) is 0 Å². The molecule has 0 aliphatic heterocycles. The first kappa shape index (κ1) is 10.6. The fraction of sp³-hybridized carbons (Fsp3) is 0.167. The van der Waals surface area contributed by atoms with Gasteiger partial charge in [0.1, 0.15) is 0 Å². The minimum absolute atomic E-state index is 0.184. The highest BCUT2D eigenvalue weighted by atomic mass is 16.1. The standard InChI is InChI=1S/C12H13N3O/c13-12(16)8-15-7-10-6-14-5-9-3-1-2-4-11(9)10/h1-6,15H,7-8H2,(H2,13,16). The van der Waals surface area contributed by atoms with Gasteiger partial charge in [0, 0.05) is 24.3 Å². The maximum atomic E-state index is 10.6. The molecule has 0 fully saturated rings. The summed E-state index contributed by atoms with van der Waals surface area (Å²) < 4.78 is 0. The molecule has 3 N–H and O–H groups in total. The third-order valence-electron chi connectivity index (χ3n) is 2.37. The van der Waals surface area contributed by atoms with Crippen molar-refractivity contribution >= 4 is 16.7 Å². The molecule has 2 aromatic rings.